The number of hydrogen-bond acceptors (Lipinski definition) is 2. The molecule has 2 aromatic rings. The van der Waals surface area contributed by atoms with E-state index in [4.69, 9.17) is 11.6 Å². The van der Waals surface area contributed by atoms with Crippen molar-refractivity contribution in [3.8, 4) is 5.69 Å². The summed E-state index contributed by atoms with van der Waals surface area (Å²) in [6, 6.07) is 4.64. The van der Waals surface area contributed by atoms with Crippen molar-refractivity contribution in [2.45, 2.75) is 6.92 Å². The fourth-order valence-corrected chi connectivity index (χ4v) is 1.61. The normalized spacial score (nSPS) is 10.4. The Hall–Kier alpha value is -1.68. The van der Waals surface area contributed by atoms with Gasteiger partial charge in [-0.05, 0) is 19.1 Å². The van der Waals surface area contributed by atoms with Gasteiger partial charge in [-0.15, -0.1) is 0 Å². The molecule has 0 bridgehead atoms. The molecule has 0 aliphatic rings. The molecular formula is C11H8ClFN2O. The van der Waals surface area contributed by atoms with Crippen LogP contribution in [0.15, 0.2) is 24.4 Å². The summed E-state index contributed by atoms with van der Waals surface area (Å²) < 4.78 is 15.1. The highest BCUT2D eigenvalue weighted by atomic mass is 35.5. The number of benzene rings is 1. The van der Waals surface area contributed by atoms with Crippen molar-refractivity contribution < 1.29 is 9.18 Å². The van der Waals surface area contributed by atoms with Gasteiger partial charge < -0.3 is 0 Å². The minimum Gasteiger partial charge on any atom is -0.298 e. The van der Waals surface area contributed by atoms with Crippen molar-refractivity contribution in [3.05, 3.63) is 46.5 Å². The minimum atomic E-state index is -0.548. The quantitative estimate of drug-likeness (QED) is 0.754. The topological polar surface area (TPSA) is 34.9 Å². The minimum absolute atomic E-state index is 0.0278. The fraction of sp³-hybridized carbons (Fsp3) is 0.0909. The van der Waals surface area contributed by atoms with Crippen molar-refractivity contribution >= 4 is 17.9 Å². The molecule has 0 saturated carbocycles. The first-order valence-electron chi connectivity index (χ1n) is 4.59. The first kappa shape index (κ1) is 10.8. The van der Waals surface area contributed by atoms with Crippen LogP contribution in [0.2, 0.25) is 5.02 Å². The third kappa shape index (κ3) is 1.61. The van der Waals surface area contributed by atoms with Crippen molar-refractivity contribution in [1.29, 1.82) is 0 Å². The van der Waals surface area contributed by atoms with Crippen molar-refractivity contribution in [2.75, 3.05) is 0 Å². The van der Waals surface area contributed by atoms with Crippen LogP contribution in [-0.4, -0.2) is 16.1 Å². The zero-order chi connectivity index (χ0) is 11.7. The molecule has 2 rings (SSSR count). The van der Waals surface area contributed by atoms with Gasteiger partial charge in [0.05, 0.1) is 22.5 Å². The highest BCUT2D eigenvalue weighted by Gasteiger charge is 2.12. The molecule has 0 saturated heterocycles. The van der Waals surface area contributed by atoms with Crippen LogP contribution in [0, 0.1) is 12.7 Å². The second-order valence-corrected chi connectivity index (χ2v) is 3.70. The Kier molecular flexibility index (Phi) is 2.75. The largest absolute Gasteiger partial charge is 0.298 e. The van der Waals surface area contributed by atoms with Crippen molar-refractivity contribution in [3.63, 3.8) is 0 Å². The Morgan fingerprint density at radius 2 is 2.25 bits per heavy atom. The number of nitrogens with zero attached hydrogens (tertiary/aromatic N) is 2. The molecule has 16 heavy (non-hydrogen) atoms. The van der Waals surface area contributed by atoms with Crippen LogP contribution in [0.3, 0.4) is 0 Å². The second kappa shape index (κ2) is 4.06. The molecule has 0 N–H and O–H groups in total. The lowest BCUT2D eigenvalue weighted by Crippen LogP contribution is -2.02. The lowest BCUT2D eigenvalue weighted by molar-refractivity contribution is 0.112. The smallest absolute Gasteiger partial charge is 0.167 e. The number of hydrogen-bond donors (Lipinski definition) is 0. The lowest BCUT2D eigenvalue weighted by Gasteiger charge is -2.06. The van der Waals surface area contributed by atoms with Gasteiger partial charge >= 0.3 is 0 Å². The van der Waals surface area contributed by atoms with E-state index in [1.807, 2.05) is 0 Å². The van der Waals surface area contributed by atoms with Gasteiger partial charge in [0.25, 0.3) is 0 Å². The number of carbonyl (C=O) groups is 1. The summed E-state index contributed by atoms with van der Waals surface area (Å²) in [6.45, 7) is 1.69. The second-order valence-electron chi connectivity index (χ2n) is 3.29. The Balaban J connectivity index is 2.63. The maximum absolute atomic E-state index is 13.7. The molecule has 5 heteroatoms. The first-order valence-corrected chi connectivity index (χ1v) is 4.97. The number of carbonyl (C=O) groups excluding carboxylic acids is 1. The van der Waals surface area contributed by atoms with Crippen LogP contribution in [0.25, 0.3) is 5.69 Å². The van der Waals surface area contributed by atoms with Crippen LogP contribution >= 0.6 is 11.6 Å². The van der Waals surface area contributed by atoms with E-state index in [0.717, 1.165) is 0 Å². The van der Waals surface area contributed by atoms with Crippen LogP contribution in [-0.2, 0) is 0 Å². The van der Waals surface area contributed by atoms with Crippen LogP contribution in [0.4, 0.5) is 4.39 Å². The van der Waals surface area contributed by atoms with E-state index in [1.54, 1.807) is 19.1 Å². The highest BCUT2D eigenvalue weighted by Crippen LogP contribution is 2.22. The maximum atomic E-state index is 13.7. The van der Waals surface area contributed by atoms with Crippen LogP contribution in [0.5, 0.6) is 0 Å². The molecule has 0 radical (unpaired) electrons. The van der Waals surface area contributed by atoms with Gasteiger partial charge in [0.1, 0.15) is 5.69 Å². The zero-order valence-corrected chi connectivity index (χ0v) is 9.20. The summed E-state index contributed by atoms with van der Waals surface area (Å²) in [5, 5.41) is 3.97. The molecule has 1 aromatic carbocycles. The maximum Gasteiger partial charge on any atom is 0.167 e. The fourth-order valence-electron chi connectivity index (χ4n) is 1.44. The Morgan fingerprint density at radius 3 is 2.88 bits per heavy atom. The van der Waals surface area contributed by atoms with E-state index in [0.29, 0.717) is 17.5 Å². The molecule has 3 nitrogen and oxygen atoms in total. The van der Waals surface area contributed by atoms with Gasteiger partial charge in [-0.2, -0.15) is 5.10 Å². The molecule has 0 atom stereocenters. The third-order valence-corrected chi connectivity index (χ3v) is 2.63. The first-order chi connectivity index (χ1) is 7.65. The summed E-state index contributed by atoms with van der Waals surface area (Å²) in [4.78, 5) is 10.7. The van der Waals surface area contributed by atoms with E-state index in [-0.39, 0.29) is 10.7 Å². The summed E-state index contributed by atoms with van der Waals surface area (Å²) in [5.74, 6) is -0.548. The predicted molar refractivity (Wildman–Crippen MR) is 58.7 cm³/mol. The molecule has 0 spiro atoms. The molecular weight excluding hydrogens is 231 g/mol. The van der Waals surface area contributed by atoms with Gasteiger partial charge in [-0.25, -0.2) is 9.07 Å². The highest BCUT2D eigenvalue weighted by molar-refractivity contribution is 6.30. The van der Waals surface area contributed by atoms with Gasteiger partial charge in [-0.1, -0.05) is 17.7 Å². The summed E-state index contributed by atoms with van der Waals surface area (Å²) >= 11 is 5.67. The van der Waals surface area contributed by atoms with Gasteiger partial charge in [-0.3, -0.25) is 4.79 Å². The van der Waals surface area contributed by atoms with Crippen LogP contribution in [0.1, 0.15) is 16.1 Å². The molecule has 1 aromatic heterocycles. The predicted octanol–water partition coefficient (Wildman–Crippen LogP) is 2.79. The van der Waals surface area contributed by atoms with Gasteiger partial charge in [0.15, 0.2) is 12.1 Å². The summed E-state index contributed by atoms with van der Waals surface area (Å²) in [6.07, 6.45) is 2.07. The lowest BCUT2D eigenvalue weighted by atomic mass is 10.2. The third-order valence-electron chi connectivity index (χ3n) is 2.33. The SMILES string of the molecule is Cc1c(C=O)cnn1-c1cccc(Cl)c1F. The van der Waals surface area contributed by atoms with E-state index >= 15 is 0 Å². The number of aromatic nitrogens is 2. The van der Waals surface area contributed by atoms with E-state index in [2.05, 4.69) is 5.10 Å². The van der Waals surface area contributed by atoms with E-state index in [9.17, 15) is 9.18 Å². The van der Waals surface area contributed by atoms with Crippen molar-refractivity contribution in [1.82, 2.24) is 9.78 Å². The average molecular weight is 239 g/mol. The molecule has 0 fully saturated rings. The van der Waals surface area contributed by atoms with E-state index < -0.39 is 5.82 Å². The molecule has 0 unspecified atom stereocenters. The number of rotatable bonds is 2. The van der Waals surface area contributed by atoms with Crippen LogP contribution < -0.4 is 0 Å². The molecule has 82 valence electrons. The van der Waals surface area contributed by atoms with Crippen molar-refractivity contribution in [2.24, 2.45) is 0 Å². The standard InChI is InChI=1S/C11H8ClFN2O/c1-7-8(6-16)5-14-15(7)10-4-2-3-9(12)11(10)13/h2-6H,1H3. The summed E-state index contributed by atoms with van der Waals surface area (Å²) in [5.41, 5.74) is 1.24. The zero-order valence-electron chi connectivity index (χ0n) is 8.45. The van der Waals surface area contributed by atoms with Gasteiger partial charge in [0, 0.05) is 0 Å². The molecule has 0 aliphatic heterocycles. The Labute approximate surface area is 96.5 Å². The summed E-state index contributed by atoms with van der Waals surface area (Å²) in [7, 11) is 0. The van der Waals surface area contributed by atoms with E-state index in [1.165, 1.54) is 16.9 Å². The average Bonchev–Trinajstić information content (AvgIpc) is 2.64. The Bertz CT molecular complexity index is 551. The number of aldehydes is 1. The monoisotopic (exact) mass is 238 g/mol. The molecule has 0 amide bonds. The van der Waals surface area contributed by atoms with Gasteiger partial charge in [0.2, 0.25) is 0 Å². The number of halogens is 2. The molecule has 0 aliphatic carbocycles. The molecule has 1 heterocycles. The Morgan fingerprint density at radius 1 is 1.50 bits per heavy atom.